The smallest absolute Gasteiger partial charge is 0.338 e. The Labute approximate surface area is 91.6 Å². The Morgan fingerprint density at radius 2 is 2.06 bits per heavy atom. The zero-order valence-corrected chi connectivity index (χ0v) is 8.62. The molecule has 0 aliphatic heterocycles. The van der Waals surface area contributed by atoms with Gasteiger partial charge in [-0.1, -0.05) is 0 Å². The van der Waals surface area contributed by atoms with E-state index in [4.69, 9.17) is 9.84 Å². The Bertz CT molecular complexity index is 385. The number of aliphatic hydroxyl groups is 1. The standard InChI is InChI=1S/C10H11NO5/c1-7(12)6-16-10(13)8-2-4-9(5-3-8)11(14)15/h2-5,7,12H,6H2,1H3. The Morgan fingerprint density at radius 1 is 1.50 bits per heavy atom. The van der Waals surface area contributed by atoms with Gasteiger partial charge in [0.1, 0.15) is 6.61 Å². The van der Waals surface area contributed by atoms with Crippen LogP contribution in [0.15, 0.2) is 24.3 Å². The summed E-state index contributed by atoms with van der Waals surface area (Å²) < 4.78 is 4.73. The molecule has 1 N–H and O–H groups in total. The van der Waals surface area contributed by atoms with Gasteiger partial charge in [0.25, 0.3) is 5.69 Å². The fourth-order valence-electron chi connectivity index (χ4n) is 0.999. The SMILES string of the molecule is CC(O)COC(=O)c1ccc([N+](=O)[O-])cc1. The molecule has 0 aliphatic carbocycles. The van der Waals surface area contributed by atoms with Gasteiger partial charge in [-0.25, -0.2) is 4.79 Å². The molecule has 16 heavy (non-hydrogen) atoms. The quantitative estimate of drug-likeness (QED) is 0.471. The van der Waals surface area contributed by atoms with E-state index in [1.54, 1.807) is 0 Å². The average molecular weight is 225 g/mol. The van der Waals surface area contributed by atoms with Crippen LogP contribution in [0.4, 0.5) is 5.69 Å². The van der Waals surface area contributed by atoms with Gasteiger partial charge in [0.2, 0.25) is 0 Å². The maximum atomic E-state index is 11.3. The molecular formula is C10H11NO5. The highest BCUT2D eigenvalue weighted by molar-refractivity contribution is 5.89. The topological polar surface area (TPSA) is 89.7 Å². The first-order valence-electron chi connectivity index (χ1n) is 4.60. The lowest BCUT2D eigenvalue weighted by Gasteiger charge is -2.06. The minimum Gasteiger partial charge on any atom is -0.459 e. The third kappa shape index (κ3) is 3.32. The van der Waals surface area contributed by atoms with Crippen molar-refractivity contribution in [3.05, 3.63) is 39.9 Å². The molecule has 1 aromatic rings. The first-order chi connectivity index (χ1) is 7.50. The zero-order chi connectivity index (χ0) is 12.1. The molecule has 0 aliphatic rings. The van der Waals surface area contributed by atoms with Crippen molar-refractivity contribution in [2.24, 2.45) is 0 Å². The lowest BCUT2D eigenvalue weighted by molar-refractivity contribution is -0.384. The molecule has 1 atom stereocenters. The highest BCUT2D eigenvalue weighted by Gasteiger charge is 2.11. The van der Waals surface area contributed by atoms with Crippen molar-refractivity contribution in [3.8, 4) is 0 Å². The van der Waals surface area contributed by atoms with Crippen molar-refractivity contribution in [3.63, 3.8) is 0 Å². The molecule has 6 heteroatoms. The van der Waals surface area contributed by atoms with E-state index in [9.17, 15) is 14.9 Å². The van der Waals surface area contributed by atoms with E-state index in [-0.39, 0.29) is 17.9 Å². The number of carbonyl (C=O) groups is 1. The molecule has 0 fully saturated rings. The normalized spacial score (nSPS) is 11.9. The van der Waals surface area contributed by atoms with Gasteiger partial charge in [0, 0.05) is 12.1 Å². The Morgan fingerprint density at radius 3 is 2.50 bits per heavy atom. The lowest BCUT2D eigenvalue weighted by Crippen LogP contribution is -2.15. The molecule has 0 aromatic heterocycles. The highest BCUT2D eigenvalue weighted by atomic mass is 16.6. The number of esters is 1. The van der Waals surface area contributed by atoms with Crippen LogP contribution in [0.1, 0.15) is 17.3 Å². The van der Waals surface area contributed by atoms with Gasteiger partial charge in [-0.2, -0.15) is 0 Å². The molecule has 0 saturated carbocycles. The van der Waals surface area contributed by atoms with Gasteiger partial charge in [0.05, 0.1) is 16.6 Å². The van der Waals surface area contributed by atoms with Gasteiger partial charge in [-0.05, 0) is 19.1 Å². The van der Waals surface area contributed by atoms with E-state index in [2.05, 4.69) is 0 Å². The minimum atomic E-state index is -0.734. The number of carbonyl (C=O) groups excluding carboxylic acids is 1. The largest absolute Gasteiger partial charge is 0.459 e. The fraction of sp³-hybridized carbons (Fsp3) is 0.300. The van der Waals surface area contributed by atoms with Crippen molar-refractivity contribution in [1.82, 2.24) is 0 Å². The molecule has 0 heterocycles. The molecule has 0 saturated heterocycles. The zero-order valence-electron chi connectivity index (χ0n) is 8.62. The lowest BCUT2D eigenvalue weighted by atomic mass is 10.2. The maximum Gasteiger partial charge on any atom is 0.338 e. The molecule has 0 amide bonds. The number of aliphatic hydroxyl groups excluding tert-OH is 1. The number of rotatable bonds is 4. The van der Waals surface area contributed by atoms with Crippen LogP contribution >= 0.6 is 0 Å². The third-order valence-electron chi connectivity index (χ3n) is 1.77. The van der Waals surface area contributed by atoms with Crippen LogP contribution in [-0.2, 0) is 4.74 Å². The molecule has 86 valence electrons. The maximum absolute atomic E-state index is 11.3. The molecule has 1 unspecified atom stereocenters. The number of ether oxygens (including phenoxy) is 1. The summed E-state index contributed by atoms with van der Waals surface area (Å²) in [6.45, 7) is 1.39. The first-order valence-corrected chi connectivity index (χ1v) is 4.60. The Hall–Kier alpha value is -1.95. The Kier molecular flexibility index (Phi) is 3.96. The molecule has 1 aromatic carbocycles. The summed E-state index contributed by atoms with van der Waals surface area (Å²) in [4.78, 5) is 21.1. The summed E-state index contributed by atoms with van der Waals surface area (Å²) >= 11 is 0. The molecular weight excluding hydrogens is 214 g/mol. The van der Waals surface area contributed by atoms with Gasteiger partial charge in [0.15, 0.2) is 0 Å². The summed E-state index contributed by atoms with van der Waals surface area (Å²) in [5.41, 5.74) is 0.123. The van der Waals surface area contributed by atoms with Gasteiger partial charge in [-0.15, -0.1) is 0 Å². The van der Waals surface area contributed by atoms with Crippen LogP contribution in [0.25, 0.3) is 0 Å². The summed E-state index contributed by atoms with van der Waals surface area (Å²) in [7, 11) is 0. The van der Waals surface area contributed by atoms with E-state index < -0.39 is 17.0 Å². The molecule has 1 rings (SSSR count). The number of nitro groups is 1. The van der Waals surface area contributed by atoms with Gasteiger partial charge in [-0.3, -0.25) is 10.1 Å². The first kappa shape index (κ1) is 12.1. The second-order valence-corrected chi connectivity index (χ2v) is 3.25. The summed E-state index contributed by atoms with van der Waals surface area (Å²) in [6, 6.07) is 5.06. The molecule has 0 bridgehead atoms. The predicted molar refractivity (Wildman–Crippen MR) is 55.1 cm³/mol. The van der Waals surface area contributed by atoms with E-state index in [0.717, 1.165) is 0 Å². The van der Waals surface area contributed by atoms with Gasteiger partial charge < -0.3 is 9.84 Å². The number of nitrogens with zero attached hydrogens (tertiary/aromatic N) is 1. The van der Waals surface area contributed by atoms with E-state index in [1.807, 2.05) is 0 Å². The monoisotopic (exact) mass is 225 g/mol. The van der Waals surface area contributed by atoms with Crippen molar-refractivity contribution in [2.75, 3.05) is 6.61 Å². The number of hydrogen-bond acceptors (Lipinski definition) is 5. The number of benzene rings is 1. The van der Waals surface area contributed by atoms with Crippen molar-refractivity contribution < 1.29 is 19.6 Å². The van der Waals surface area contributed by atoms with Crippen LogP contribution in [-0.4, -0.2) is 28.7 Å². The van der Waals surface area contributed by atoms with Crippen LogP contribution in [0.2, 0.25) is 0 Å². The average Bonchev–Trinajstić information content (AvgIpc) is 2.26. The van der Waals surface area contributed by atoms with Crippen molar-refractivity contribution >= 4 is 11.7 Å². The molecule has 0 spiro atoms. The van der Waals surface area contributed by atoms with E-state index >= 15 is 0 Å². The van der Waals surface area contributed by atoms with Crippen LogP contribution < -0.4 is 0 Å². The van der Waals surface area contributed by atoms with Crippen LogP contribution in [0, 0.1) is 10.1 Å². The summed E-state index contributed by atoms with van der Waals surface area (Å²) in [5, 5.41) is 19.3. The number of hydrogen-bond donors (Lipinski definition) is 1. The molecule has 6 nitrogen and oxygen atoms in total. The van der Waals surface area contributed by atoms with E-state index in [0.29, 0.717) is 0 Å². The minimum absolute atomic E-state index is 0.0907. The van der Waals surface area contributed by atoms with Gasteiger partial charge >= 0.3 is 5.97 Å². The van der Waals surface area contributed by atoms with Crippen LogP contribution in [0.3, 0.4) is 0 Å². The van der Waals surface area contributed by atoms with Crippen molar-refractivity contribution in [2.45, 2.75) is 13.0 Å². The molecule has 0 radical (unpaired) electrons. The number of nitro benzene ring substituents is 1. The highest BCUT2D eigenvalue weighted by Crippen LogP contribution is 2.12. The predicted octanol–water partition coefficient (Wildman–Crippen LogP) is 1.13. The second-order valence-electron chi connectivity index (χ2n) is 3.25. The summed E-state index contributed by atoms with van der Waals surface area (Å²) in [5.74, 6) is -0.615. The van der Waals surface area contributed by atoms with Crippen LogP contribution in [0.5, 0.6) is 0 Å². The number of non-ortho nitro benzene ring substituents is 1. The second kappa shape index (κ2) is 5.22. The third-order valence-corrected chi connectivity index (χ3v) is 1.77. The summed E-state index contributed by atoms with van der Waals surface area (Å²) in [6.07, 6.45) is -0.734. The fourth-order valence-corrected chi connectivity index (χ4v) is 0.999. The van der Waals surface area contributed by atoms with Crippen molar-refractivity contribution in [1.29, 1.82) is 0 Å². The van der Waals surface area contributed by atoms with E-state index in [1.165, 1.54) is 31.2 Å². The Balaban J connectivity index is 2.67.